The van der Waals surface area contributed by atoms with Gasteiger partial charge in [0, 0.05) is 16.1 Å². The lowest BCUT2D eigenvalue weighted by Crippen LogP contribution is -2.03. The molecule has 1 aromatic rings. The van der Waals surface area contributed by atoms with Crippen LogP contribution in [0.1, 0.15) is 24.2 Å². The Morgan fingerprint density at radius 2 is 2.06 bits per heavy atom. The van der Waals surface area contributed by atoms with Crippen LogP contribution in [0.3, 0.4) is 0 Å². The van der Waals surface area contributed by atoms with Crippen LogP contribution in [0.5, 0.6) is 0 Å². The fraction of sp³-hybridized carbons (Fsp3) is 0.214. The molecule has 1 nitrogen and oxygen atoms in total. The number of allylic oxidation sites excluding steroid dienone is 2. The van der Waals surface area contributed by atoms with Crippen molar-refractivity contribution in [1.29, 1.82) is 0 Å². The van der Waals surface area contributed by atoms with E-state index in [0.29, 0.717) is 11.7 Å². The third kappa shape index (κ3) is 3.33. The molecule has 0 aromatic heterocycles. The van der Waals surface area contributed by atoms with Crippen LogP contribution in [0.4, 0.5) is 0 Å². The lowest BCUT2D eigenvalue weighted by Gasteiger charge is -2.24. The zero-order valence-corrected chi connectivity index (χ0v) is 12.1. The Morgan fingerprint density at radius 1 is 1.35 bits per heavy atom. The van der Waals surface area contributed by atoms with E-state index in [0.717, 1.165) is 4.47 Å². The Kier molecular flexibility index (Phi) is 4.24. The zero-order valence-electron chi connectivity index (χ0n) is 9.64. The second kappa shape index (κ2) is 5.69. The number of rotatable bonds is 4. The molecule has 2 rings (SSSR count). The number of halogens is 1. The van der Waals surface area contributed by atoms with Gasteiger partial charge in [-0.3, -0.25) is 4.79 Å². The minimum absolute atomic E-state index is 0.256. The van der Waals surface area contributed by atoms with Crippen LogP contribution in [0.25, 0.3) is 0 Å². The number of Topliss-reactive ketones (excluding diaryl/α,β-unsaturated/α-hetero) is 1. The average molecular weight is 311 g/mol. The van der Waals surface area contributed by atoms with Crippen LogP contribution in [0.2, 0.25) is 0 Å². The van der Waals surface area contributed by atoms with Crippen molar-refractivity contribution in [1.82, 2.24) is 0 Å². The first-order valence-electron chi connectivity index (χ1n) is 5.54. The minimum Gasteiger partial charge on any atom is -0.300 e. The van der Waals surface area contributed by atoms with Gasteiger partial charge in [-0.25, -0.2) is 10.9 Å². The minimum atomic E-state index is -0.332. The lowest BCUT2D eigenvalue weighted by atomic mass is 10.1. The number of hydrogen-bond acceptors (Lipinski definition) is 1. The van der Waals surface area contributed by atoms with Gasteiger partial charge in [-0.05, 0) is 35.4 Å². The summed E-state index contributed by atoms with van der Waals surface area (Å²) in [5, 5.41) is 4.77. The topological polar surface area (TPSA) is 17.1 Å². The standard InChI is InChI=1S/C14H15BrOS/c1-11(16)9-14(17-7-2-3-8-17)12-5-4-6-13(15)10-12/h2-8,10,14,17H,9H2,1H3. The van der Waals surface area contributed by atoms with Gasteiger partial charge in [-0.2, -0.15) is 0 Å². The molecule has 17 heavy (non-hydrogen) atoms. The molecule has 0 amide bonds. The average Bonchev–Trinajstić information content (AvgIpc) is 2.79. The molecule has 0 fully saturated rings. The van der Waals surface area contributed by atoms with E-state index in [1.54, 1.807) is 6.92 Å². The molecule has 1 aliphatic heterocycles. The first kappa shape index (κ1) is 12.7. The maximum atomic E-state index is 11.4. The highest BCUT2D eigenvalue weighted by atomic mass is 79.9. The maximum Gasteiger partial charge on any atom is 0.131 e. The van der Waals surface area contributed by atoms with Gasteiger partial charge < -0.3 is 0 Å². The third-order valence-corrected chi connectivity index (χ3v) is 5.43. The summed E-state index contributed by atoms with van der Waals surface area (Å²) < 4.78 is 1.07. The van der Waals surface area contributed by atoms with E-state index in [1.165, 1.54) is 5.56 Å². The van der Waals surface area contributed by atoms with Crippen molar-refractivity contribution < 1.29 is 4.79 Å². The van der Waals surface area contributed by atoms with Crippen LogP contribution < -0.4 is 0 Å². The molecule has 0 saturated carbocycles. The van der Waals surface area contributed by atoms with E-state index in [1.807, 2.05) is 12.1 Å². The molecule has 0 aliphatic carbocycles. The van der Waals surface area contributed by atoms with E-state index in [9.17, 15) is 4.79 Å². The summed E-state index contributed by atoms with van der Waals surface area (Å²) in [4.78, 5) is 11.4. The van der Waals surface area contributed by atoms with Gasteiger partial charge >= 0.3 is 0 Å². The third-order valence-electron chi connectivity index (χ3n) is 2.70. The van der Waals surface area contributed by atoms with Gasteiger partial charge in [0.25, 0.3) is 0 Å². The molecule has 0 saturated heterocycles. The normalized spacial score (nSPS) is 17.4. The lowest BCUT2D eigenvalue weighted by molar-refractivity contribution is -0.117. The molecule has 1 heterocycles. The van der Waals surface area contributed by atoms with E-state index < -0.39 is 0 Å². The first-order valence-corrected chi connectivity index (χ1v) is 7.88. The van der Waals surface area contributed by atoms with Crippen molar-refractivity contribution in [2.75, 3.05) is 0 Å². The summed E-state index contributed by atoms with van der Waals surface area (Å²) in [5.41, 5.74) is 1.25. The van der Waals surface area contributed by atoms with Crippen LogP contribution >= 0.6 is 26.8 Å². The molecule has 0 N–H and O–H groups in total. The molecule has 0 radical (unpaired) electrons. The van der Waals surface area contributed by atoms with Gasteiger partial charge in [0.2, 0.25) is 0 Å². The van der Waals surface area contributed by atoms with Crippen molar-refractivity contribution in [3.63, 3.8) is 0 Å². The van der Waals surface area contributed by atoms with E-state index in [2.05, 4.69) is 51.0 Å². The molecule has 1 aliphatic rings. The summed E-state index contributed by atoms with van der Waals surface area (Å²) in [6.45, 7) is 1.67. The summed E-state index contributed by atoms with van der Waals surface area (Å²) in [6, 6.07) is 8.28. The molecule has 0 spiro atoms. The first-order chi connectivity index (χ1) is 8.16. The van der Waals surface area contributed by atoms with Gasteiger partial charge in [0.1, 0.15) is 5.78 Å². The van der Waals surface area contributed by atoms with Crippen molar-refractivity contribution in [3.8, 4) is 0 Å². The number of ketones is 1. The number of carbonyl (C=O) groups is 1. The van der Waals surface area contributed by atoms with Crippen molar-refractivity contribution in [2.45, 2.75) is 18.6 Å². The Bertz CT molecular complexity index is 467. The van der Waals surface area contributed by atoms with E-state index in [-0.39, 0.29) is 16.7 Å². The molecule has 90 valence electrons. The zero-order chi connectivity index (χ0) is 12.3. The highest BCUT2D eigenvalue weighted by Crippen LogP contribution is 2.50. The summed E-state index contributed by atoms with van der Waals surface area (Å²) in [6.07, 6.45) is 4.78. The number of carbonyl (C=O) groups excluding carboxylic acids is 1. The second-order valence-electron chi connectivity index (χ2n) is 4.11. The Morgan fingerprint density at radius 3 is 2.65 bits per heavy atom. The molecular formula is C14H15BrOS. The van der Waals surface area contributed by atoms with Gasteiger partial charge in [0.05, 0.1) is 0 Å². The molecule has 1 aromatic carbocycles. The molecule has 1 unspecified atom stereocenters. The molecule has 1 atom stereocenters. The predicted molar refractivity (Wildman–Crippen MR) is 79.4 cm³/mol. The van der Waals surface area contributed by atoms with Gasteiger partial charge in [0.15, 0.2) is 0 Å². The summed E-state index contributed by atoms with van der Waals surface area (Å²) >= 11 is 3.49. The van der Waals surface area contributed by atoms with Crippen LogP contribution in [0.15, 0.2) is 51.7 Å². The Hall–Kier alpha value is -0.800. The highest BCUT2D eigenvalue weighted by Gasteiger charge is 2.19. The summed E-state index contributed by atoms with van der Waals surface area (Å²) in [7, 11) is -0.332. The summed E-state index contributed by atoms with van der Waals surface area (Å²) in [5.74, 6) is 0.256. The van der Waals surface area contributed by atoms with Gasteiger partial charge in [-0.15, -0.1) is 0 Å². The fourth-order valence-corrected chi connectivity index (χ4v) is 4.44. The largest absolute Gasteiger partial charge is 0.300 e. The fourth-order valence-electron chi connectivity index (χ4n) is 1.94. The van der Waals surface area contributed by atoms with Gasteiger partial charge in [-0.1, -0.05) is 40.2 Å². The van der Waals surface area contributed by atoms with Crippen LogP contribution in [-0.4, -0.2) is 5.78 Å². The number of hydrogen-bond donors (Lipinski definition) is 1. The maximum absolute atomic E-state index is 11.4. The van der Waals surface area contributed by atoms with Crippen molar-refractivity contribution in [2.24, 2.45) is 0 Å². The molecule has 0 bridgehead atoms. The molecule has 3 heteroatoms. The van der Waals surface area contributed by atoms with Crippen molar-refractivity contribution in [3.05, 3.63) is 57.3 Å². The second-order valence-corrected chi connectivity index (χ2v) is 7.14. The Labute approximate surface area is 113 Å². The number of benzene rings is 1. The number of thiol groups is 1. The Balaban J connectivity index is 2.29. The van der Waals surface area contributed by atoms with E-state index >= 15 is 0 Å². The smallest absolute Gasteiger partial charge is 0.131 e. The quantitative estimate of drug-likeness (QED) is 0.810. The SMILES string of the molecule is CC(=O)CC(c1cccc(Br)c1)[SH]1C=CC=C1. The van der Waals surface area contributed by atoms with Crippen LogP contribution in [-0.2, 0) is 4.79 Å². The molecular weight excluding hydrogens is 296 g/mol. The monoisotopic (exact) mass is 310 g/mol. The van der Waals surface area contributed by atoms with E-state index in [4.69, 9.17) is 0 Å². The van der Waals surface area contributed by atoms with Crippen molar-refractivity contribution >= 4 is 32.6 Å². The highest BCUT2D eigenvalue weighted by molar-refractivity contribution is 9.10. The van der Waals surface area contributed by atoms with Crippen LogP contribution in [0, 0.1) is 0 Å². The predicted octanol–water partition coefficient (Wildman–Crippen LogP) is 4.51.